The molecule has 2 N–H and O–H groups in total. The summed E-state index contributed by atoms with van der Waals surface area (Å²) in [7, 11) is 0. The van der Waals surface area contributed by atoms with E-state index in [2.05, 4.69) is 15.6 Å². The third kappa shape index (κ3) is 6.11. The van der Waals surface area contributed by atoms with E-state index < -0.39 is 11.3 Å². The number of allylic oxidation sites excluding steroid dienone is 3. The molecular formula is C28H35F2N5O3. The van der Waals surface area contributed by atoms with Gasteiger partial charge in [-0.15, -0.1) is 0 Å². The number of halogens is 2. The maximum absolute atomic E-state index is 13.5. The topological polar surface area (TPSA) is 96.3 Å². The summed E-state index contributed by atoms with van der Waals surface area (Å²) in [6.07, 6.45) is 6.98. The van der Waals surface area contributed by atoms with Crippen LogP contribution in [0.3, 0.4) is 0 Å². The summed E-state index contributed by atoms with van der Waals surface area (Å²) < 4.78 is 28.9. The molecule has 2 aromatic heterocycles. The van der Waals surface area contributed by atoms with Gasteiger partial charge < -0.3 is 20.1 Å². The van der Waals surface area contributed by atoms with Crippen molar-refractivity contribution >= 4 is 34.5 Å². The van der Waals surface area contributed by atoms with E-state index >= 15 is 0 Å². The molecule has 3 heterocycles. The van der Waals surface area contributed by atoms with Gasteiger partial charge in [0, 0.05) is 79.4 Å². The smallest absolute Gasteiger partial charge is 0.255 e. The Labute approximate surface area is 221 Å². The Morgan fingerprint density at radius 1 is 1.11 bits per heavy atom. The largest absolute Gasteiger partial charge is 0.354 e. The number of fused-ring (bicyclic) bond motifs is 1. The summed E-state index contributed by atoms with van der Waals surface area (Å²) in [6.45, 7) is 8.31. The number of alkyl halides is 2. The summed E-state index contributed by atoms with van der Waals surface area (Å²) in [6, 6.07) is 3.62. The van der Waals surface area contributed by atoms with Crippen molar-refractivity contribution in [3.63, 3.8) is 0 Å². The predicted octanol–water partition coefficient (Wildman–Crippen LogP) is 3.99. The fourth-order valence-corrected chi connectivity index (χ4v) is 4.64. The summed E-state index contributed by atoms with van der Waals surface area (Å²) in [4.78, 5) is 43.4. The molecule has 2 aliphatic rings. The highest BCUT2D eigenvalue weighted by Crippen LogP contribution is 2.32. The minimum absolute atomic E-state index is 0.0308. The molecule has 204 valence electrons. The lowest BCUT2D eigenvalue weighted by Gasteiger charge is -2.31. The number of nitrogens with zero attached hydrogens (tertiary/aromatic N) is 3. The molecule has 1 aliphatic carbocycles. The lowest BCUT2D eigenvalue weighted by molar-refractivity contribution is -0.128. The second-order valence-corrected chi connectivity index (χ2v) is 11.1. The lowest BCUT2D eigenvalue weighted by atomic mass is 9.92. The number of likely N-dealkylation sites (tertiary alicyclic amines) is 1. The van der Waals surface area contributed by atoms with E-state index in [0.717, 1.165) is 11.1 Å². The minimum Gasteiger partial charge on any atom is -0.354 e. The van der Waals surface area contributed by atoms with Gasteiger partial charge in [0.2, 0.25) is 11.8 Å². The fourth-order valence-electron chi connectivity index (χ4n) is 4.64. The average molecular weight is 528 g/mol. The molecule has 8 nitrogen and oxygen atoms in total. The number of amides is 3. The van der Waals surface area contributed by atoms with Gasteiger partial charge in [0.15, 0.2) is 0 Å². The number of aromatic nitrogens is 2. The van der Waals surface area contributed by atoms with Gasteiger partial charge in [0.05, 0.1) is 5.56 Å². The Balaban J connectivity index is 1.41. The van der Waals surface area contributed by atoms with Crippen LogP contribution in [0.4, 0.5) is 8.78 Å². The first-order valence-electron chi connectivity index (χ1n) is 13.0. The van der Waals surface area contributed by atoms with E-state index in [0.29, 0.717) is 36.3 Å². The zero-order valence-electron chi connectivity index (χ0n) is 22.3. The SMILES string of the molecule is CC1CC(C(=O)NCCNC(=O)C(C)(C)C)=CC=C1n1ccc2cc(C(=O)N3CCC(F)(F)CC3)cnc21. The van der Waals surface area contributed by atoms with Crippen molar-refractivity contribution in [3.8, 4) is 0 Å². The highest BCUT2D eigenvalue weighted by molar-refractivity contribution is 5.98. The fraction of sp³-hybridized carbons (Fsp3) is 0.500. The lowest BCUT2D eigenvalue weighted by Crippen LogP contribution is -2.42. The van der Waals surface area contributed by atoms with Gasteiger partial charge in [-0.05, 0) is 24.6 Å². The maximum atomic E-state index is 13.5. The van der Waals surface area contributed by atoms with Crippen LogP contribution in [0.25, 0.3) is 16.7 Å². The van der Waals surface area contributed by atoms with Crippen molar-refractivity contribution in [2.75, 3.05) is 26.2 Å². The molecule has 3 amide bonds. The minimum atomic E-state index is -2.71. The van der Waals surface area contributed by atoms with Crippen molar-refractivity contribution in [2.45, 2.75) is 52.9 Å². The number of pyridine rings is 1. The molecule has 0 radical (unpaired) electrons. The number of carbonyl (C=O) groups excluding carboxylic acids is 3. The molecule has 4 rings (SSSR count). The first-order valence-corrected chi connectivity index (χ1v) is 13.0. The summed E-state index contributed by atoms with van der Waals surface area (Å²) >= 11 is 0. The van der Waals surface area contributed by atoms with Crippen LogP contribution in [0, 0.1) is 11.3 Å². The van der Waals surface area contributed by atoms with Crippen molar-refractivity contribution in [2.24, 2.45) is 11.3 Å². The maximum Gasteiger partial charge on any atom is 0.255 e. The molecule has 0 spiro atoms. The van der Waals surface area contributed by atoms with E-state index in [4.69, 9.17) is 0 Å². The van der Waals surface area contributed by atoms with Crippen LogP contribution in [-0.4, -0.2) is 64.3 Å². The third-order valence-electron chi connectivity index (χ3n) is 6.99. The molecule has 1 saturated heterocycles. The van der Waals surface area contributed by atoms with Gasteiger partial charge in [-0.25, -0.2) is 13.8 Å². The van der Waals surface area contributed by atoms with Crippen LogP contribution in [0.15, 0.2) is 42.3 Å². The van der Waals surface area contributed by atoms with Gasteiger partial charge in [0.25, 0.3) is 11.8 Å². The first kappa shape index (κ1) is 27.5. The van der Waals surface area contributed by atoms with Gasteiger partial charge >= 0.3 is 0 Å². The molecule has 0 aromatic carbocycles. The van der Waals surface area contributed by atoms with Crippen LogP contribution in [-0.2, 0) is 9.59 Å². The number of piperidine rings is 1. The number of rotatable bonds is 6. The molecule has 38 heavy (non-hydrogen) atoms. The van der Waals surface area contributed by atoms with E-state index in [1.165, 1.54) is 11.1 Å². The van der Waals surface area contributed by atoms with Crippen molar-refractivity contribution in [1.82, 2.24) is 25.1 Å². The van der Waals surface area contributed by atoms with Crippen LogP contribution in [0.2, 0.25) is 0 Å². The number of hydrogen-bond acceptors (Lipinski definition) is 4. The Bertz CT molecular complexity index is 1300. The molecule has 0 saturated carbocycles. The van der Waals surface area contributed by atoms with Crippen molar-refractivity contribution < 1.29 is 23.2 Å². The second-order valence-electron chi connectivity index (χ2n) is 11.1. The second kappa shape index (κ2) is 10.7. The molecule has 1 aliphatic heterocycles. The molecule has 10 heteroatoms. The first-order chi connectivity index (χ1) is 17.9. The standard InChI is InChI=1S/C28H35F2N5O3/c1-18-15-20(24(36)31-10-11-32-26(38)27(2,3)4)5-6-22(18)35-12-7-19-16-21(17-33-23(19)35)25(37)34-13-8-28(29,30)9-14-34/h5-7,12,16-18H,8-11,13-15H2,1-4H3,(H,31,36)(H,32,38). The Kier molecular flexibility index (Phi) is 7.71. The molecule has 1 atom stereocenters. The van der Waals surface area contributed by atoms with Gasteiger partial charge in [0.1, 0.15) is 5.65 Å². The molecule has 2 aromatic rings. The molecule has 1 fully saturated rings. The zero-order chi connectivity index (χ0) is 27.7. The van der Waals surface area contributed by atoms with Crippen molar-refractivity contribution in [1.29, 1.82) is 0 Å². The highest BCUT2D eigenvalue weighted by atomic mass is 19.3. The van der Waals surface area contributed by atoms with Crippen molar-refractivity contribution in [3.05, 3.63) is 47.8 Å². The summed E-state index contributed by atoms with van der Waals surface area (Å²) in [5.41, 5.74) is 2.21. The quantitative estimate of drug-likeness (QED) is 0.556. The Morgan fingerprint density at radius 3 is 2.45 bits per heavy atom. The summed E-state index contributed by atoms with van der Waals surface area (Å²) in [5.74, 6) is -3.19. The number of carbonyl (C=O) groups is 3. The highest BCUT2D eigenvalue weighted by Gasteiger charge is 2.36. The molecular weight excluding hydrogens is 492 g/mol. The third-order valence-corrected chi connectivity index (χ3v) is 6.99. The van der Waals surface area contributed by atoms with Gasteiger partial charge in [-0.3, -0.25) is 14.4 Å². The average Bonchev–Trinajstić information content (AvgIpc) is 3.28. The summed E-state index contributed by atoms with van der Waals surface area (Å²) in [5, 5.41) is 6.45. The monoisotopic (exact) mass is 527 g/mol. The number of nitrogens with one attached hydrogen (secondary N) is 2. The molecule has 1 unspecified atom stereocenters. The van der Waals surface area contributed by atoms with E-state index in [1.807, 2.05) is 50.6 Å². The Hall–Kier alpha value is -3.56. The van der Waals surface area contributed by atoms with Crippen LogP contribution >= 0.6 is 0 Å². The van der Waals surface area contributed by atoms with Crippen LogP contribution in [0.5, 0.6) is 0 Å². The van der Waals surface area contributed by atoms with Crippen LogP contribution < -0.4 is 10.6 Å². The van der Waals surface area contributed by atoms with E-state index in [-0.39, 0.29) is 49.6 Å². The van der Waals surface area contributed by atoms with E-state index in [9.17, 15) is 23.2 Å². The van der Waals surface area contributed by atoms with Gasteiger partial charge in [-0.2, -0.15) is 0 Å². The zero-order valence-corrected chi connectivity index (χ0v) is 22.3. The number of hydrogen-bond donors (Lipinski definition) is 2. The normalized spacial score (nSPS) is 19.5. The van der Waals surface area contributed by atoms with E-state index in [1.54, 1.807) is 12.1 Å². The van der Waals surface area contributed by atoms with Gasteiger partial charge in [-0.1, -0.05) is 33.8 Å². The molecule has 0 bridgehead atoms. The predicted molar refractivity (Wildman–Crippen MR) is 141 cm³/mol. The Morgan fingerprint density at radius 2 is 1.79 bits per heavy atom. The van der Waals surface area contributed by atoms with Crippen LogP contribution in [0.1, 0.15) is 57.3 Å².